The van der Waals surface area contributed by atoms with Crippen molar-refractivity contribution in [1.82, 2.24) is 10.6 Å². The Morgan fingerprint density at radius 3 is 2.34 bits per heavy atom. The topological polar surface area (TPSA) is 70.2 Å². The summed E-state index contributed by atoms with van der Waals surface area (Å²) in [5.41, 5.74) is 3.47. The number of nitrogens with one attached hydrogen (secondary N) is 3. The van der Waals surface area contributed by atoms with Gasteiger partial charge in [0.25, 0.3) is 11.8 Å². The van der Waals surface area contributed by atoms with E-state index in [1.807, 2.05) is 49.4 Å². The molecule has 0 heterocycles. The van der Waals surface area contributed by atoms with Crippen LogP contribution < -0.4 is 16.0 Å². The van der Waals surface area contributed by atoms with Crippen LogP contribution in [-0.4, -0.2) is 16.9 Å². The molecule has 3 aromatic rings. The van der Waals surface area contributed by atoms with Crippen molar-refractivity contribution in [3.63, 3.8) is 0 Å². The number of rotatable bonds is 5. The van der Waals surface area contributed by atoms with Crippen molar-refractivity contribution >= 4 is 34.8 Å². The molecule has 0 aliphatic rings. The minimum atomic E-state index is -0.308. The second kappa shape index (κ2) is 9.61. The highest BCUT2D eigenvalue weighted by Crippen LogP contribution is 2.15. The lowest BCUT2D eigenvalue weighted by molar-refractivity contribution is 0.0950. The van der Waals surface area contributed by atoms with Crippen LogP contribution in [0.2, 0.25) is 0 Å². The molecule has 2 amide bonds. The van der Waals surface area contributed by atoms with Crippen LogP contribution >= 0.6 is 12.2 Å². The molecule has 0 radical (unpaired) electrons. The zero-order valence-electron chi connectivity index (χ0n) is 15.9. The number of carbonyl (C=O) groups is 2. The molecule has 0 aromatic heterocycles. The highest BCUT2D eigenvalue weighted by molar-refractivity contribution is 7.80. The maximum absolute atomic E-state index is 12.6. The minimum absolute atomic E-state index is 0.125. The second-order valence-electron chi connectivity index (χ2n) is 6.49. The van der Waals surface area contributed by atoms with E-state index in [0.717, 1.165) is 11.1 Å². The zero-order valence-corrected chi connectivity index (χ0v) is 16.8. The van der Waals surface area contributed by atoms with Crippen LogP contribution in [-0.2, 0) is 6.54 Å². The SMILES string of the molecule is Cc1cccc(C(=O)NC(=S)Nc2ccccc2C(=O)NCc2ccccc2)c1. The van der Waals surface area contributed by atoms with Crippen LogP contribution in [0.3, 0.4) is 0 Å². The van der Waals surface area contributed by atoms with Gasteiger partial charge in [0, 0.05) is 12.1 Å². The van der Waals surface area contributed by atoms with Gasteiger partial charge in [-0.3, -0.25) is 14.9 Å². The van der Waals surface area contributed by atoms with E-state index < -0.39 is 0 Å². The number of hydrogen-bond acceptors (Lipinski definition) is 3. The van der Waals surface area contributed by atoms with Crippen molar-refractivity contribution in [2.45, 2.75) is 13.5 Å². The largest absolute Gasteiger partial charge is 0.348 e. The fraction of sp³-hybridized carbons (Fsp3) is 0.0870. The Morgan fingerprint density at radius 2 is 1.59 bits per heavy atom. The van der Waals surface area contributed by atoms with E-state index >= 15 is 0 Å². The molecule has 0 bridgehead atoms. The maximum atomic E-state index is 12.6. The molecule has 0 unspecified atom stereocenters. The Labute approximate surface area is 175 Å². The van der Waals surface area contributed by atoms with Gasteiger partial charge in [0.05, 0.1) is 11.3 Å². The lowest BCUT2D eigenvalue weighted by Crippen LogP contribution is -2.35. The van der Waals surface area contributed by atoms with Crippen LogP contribution in [0.5, 0.6) is 0 Å². The first-order valence-electron chi connectivity index (χ1n) is 9.13. The van der Waals surface area contributed by atoms with Crippen molar-refractivity contribution in [2.24, 2.45) is 0 Å². The number of aryl methyl sites for hydroxylation is 1. The molecular formula is C23H21N3O2S. The van der Waals surface area contributed by atoms with Crippen LogP contribution in [0.25, 0.3) is 0 Å². The summed E-state index contributed by atoms with van der Waals surface area (Å²) in [5.74, 6) is -0.540. The van der Waals surface area contributed by atoms with Gasteiger partial charge in [0.1, 0.15) is 0 Å². The summed E-state index contributed by atoms with van der Waals surface area (Å²) in [7, 11) is 0. The third kappa shape index (κ3) is 5.73. The van der Waals surface area contributed by atoms with Crippen LogP contribution in [0.4, 0.5) is 5.69 Å². The summed E-state index contributed by atoms with van der Waals surface area (Å²) < 4.78 is 0. The van der Waals surface area contributed by atoms with Gasteiger partial charge in [0.15, 0.2) is 5.11 Å². The van der Waals surface area contributed by atoms with Crippen molar-refractivity contribution < 1.29 is 9.59 Å². The van der Waals surface area contributed by atoms with Gasteiger partial charge in [-0.25, -0.2) is 0 Å². The third-order valence-corrected chi connectivity index (χ3v) is 4.43. The van der Waals surface area contributed by atoms with Crippen LogP contribution in [0, 0.1) is 6.92 Å². The lowest BCUT2D eigenvalue weighted by Gasteiger charge is -2.14. The van der Waals surface area contributed by atoms with Gasteiger partial charge in [-0.15, -0.1) is 0 Å². The standard InChI is InChI=1S/C23H21N3O2S/c1-16-8-7-11-18(14-16)21(27)26-23(29)25-20-13-6-5-12-19(20)22(28)24-15-17-9-3-2-4-10-17/h2-14H,15H2,1H3,(H,24,28)(H2,25,26,27,29). The van der Waals surface area contributed by atoms with E-state index in [1.54, 1.807) is 36.4 Å². The molecule has 6 heteroatoms. The van der Waals surface area contributed by atoms with Gasteiger partial charge in [-0.1, -0.05) is 60.2 Å². The van der Waals surface area contributed by atoms with E-state index in [-0.39, 0.29) is 16.9 Å². The first-order chi connectivity index (χ1) is 14.0. The van der Waals surface area contributed by atoms with Gasteiger partial charge in [-0.2, -0.15) is 0 Å². The molecule has 3 N–H and O–H groups in total. The Hall–Kier alpha value is -3.51. The van der Waals surface area contributed by atoms with E-state index in [1.165, 1.54) is 0 Å². The summed E-state index contributed by atoms with van der Waals surface area (Å²) in [6.45, 7) is 2.33. The Balaban J connectivity index is 1.64. The van der Waals surface area contributed by atoms with E-state index in [0.29, 0.717) is 23.4 Å². The summed E-state index contributed by atoms with van der Waals surface area (Å²) in [6, 6.07) is 23.9. The number of anilines is 1. The predicted molar refractivity (Wildman–Crippen MR) is 119 cm³/mol. The molecule has 3 aromatic carbocycles. The molecule has 0 aliphatic heterocycles. The zero-order chi connectivity index (χ0) is 20.6. The molecule has 5 nitrogen and oxygen atoms in total. The normalized spacial score (nSPS) is 10.1. The van der Waals surface area contributed by atoms with E-state index in [2.05, 4.69) is 16.0 Å². The molecule has 0 saturated carbocycles. The van der Waals surface area contributed by atoms with E-state index in [4.69, 9.17) is 12.2 Å². The van der Waals surface area contributed by atoms with E-state index in [9.17, 15) is 9.59 Å². The molecule has 0 saturated heterocycles. The molecule has 0 aliphatic carbocycles. The monoisotopic (exact) mass is 403 g/mol. The fourth-order valence-corrected chi connectivity index (χ4v) is 2.98. The average Bonchev–Trinajstić information content (AvgIpc) is 2.73. The van der Waals surface area contributed by atoms with Crippen molar-refractivity contribution in [3.8, 4) is 0 Å². The highest BCUT2D eigenvalue weighted by atomic mass is 32.1. The number of carbonyl (C=O) groups excluding carboxylic acids is 2. The minimum Gasteiger partial charge on any atom is -0.348 e. The third-order valence-electron chi connectivity index (χ3n) is 4.22. The van der Waals surface area contributed by atoms with Crippen molar-refractivity contribution in [3.05, 3.63) is 101 Å². The highest BCUT2D eigenvalue weighted by Gasteiger charge is 2.13. The molecule has 0 fully saturated rings. The smallest absolute Gasteiger partial charge is 0.257 e. The van der Waals surface area contributed by atoms with Gasteiger partial charge < -0.3 is 10.6 Å². The maximum Gasteiger partial charge on any atom is 0.257 e. The predicted octanol–water partition coefficient (Wildman–Crippen LogP) is 4.05. The van der Waals surface area contributed by atoms with Crippen molar-refractivity contribution in [1.29, 1.82) is 0 Å². The molecule has 29 heavy (non-hydrogen) atoms. The summed E-state index contributed by atoms with van der Waals surface area (Å²) in [6.07, 6.45) is 0. The molecular weight excluding hydrogens is 382 g/mol. The first kappa shape index (κ1) is 20.2. The quantitative estimate of drug-likeness (QED) is 0.562. The Bertz CT molecular complexity index is 1040. The number of thiocarbonyl (C=S) groups is 1. The number of para-hydroxylation sites is 1. The van der Waals surface area contributed by atoms with Gasteiger partial charge in [0.2, 0.25) is 0 Å². The average molecular weight is 404 g/mol. The summed E-state index contributed by atoms with van der Waals surface area (Å²) in [4.78, 5) is 25.0. The Morgan fingerprint density at radius 1 is 0.862 bits per heavy atom. The number of hydrogen-bond donors (Lipinski definition) is 3. The first-order valence-corrected chi connectivity index (χ1v) is 9.54. The molecule has 146 valence electrons. The fourth-order valence-electron chi connectivity index (χ4n) is 2.78. The van der Waals surface area contributed by atoms with Crippen molar-refractivity contribution in [2.75, 3.05) is 5.32 Å². The lowest BCUT2D eigenvalue weighted by atomic mass is 10.1. The van der Waals surface area contributed by atoms with Crippen LogP contribution in [0.1, 0.15) is 31.8 Å². The molecule has 3 rings (SSSR count). The van der Waals surface area contributed by atoms with Crippen LogP contribution in [0.15, 0.2) is 78.9 Å². The van der Waals surface area contributed by atoms with Gasteiger partial charge >= 0.3 is 0 Å². The number of benzene rings is 3. The molecule has 0 atom stereocenters. The van der Waals surface area contributed by atoms with Gasteiger partial charge in [-0.05, 0) is 49.0 Å². The molecule has 0 spiro atoms. The summed E-state index contributed by atoms with van der Waals surface area (Å²) >= 11 is 5.26. The number of amides is 2. The summed E-state index contributed by atoms with van der Waals surface area (Å²) in [5, 5.41) is 8.61. The second-order valence-corrected chi connectivity index (χ2v) is 6.90. The Kier molecular flexibility index (Phi) is 6.71.